The average molecular weight is 367 g/mol. The predicted molar refractivity (Wildman–Crippen MR) is 109 cm³/mol. The molecular weight excluding hydrogens is 336 g/mol. The van der Waals surface area contributed by atoms with Gasteiger partial charge < -0.3 is 9.30 Å². The van der Waals surface area contributed by atoms with Crippen LogP contribution >= 0.6 is 0 Å². The smallest absolute Gasteiger partial charge is 0.119 e. The molecule has 0 amide bonds. The van der Waals surface area contributed by atoms with Gasteiger partial charge in [0, 0.05) is 41.9 Å². The molecule has 0 bridgehead atoms. The molecule has 144 valence electrons. The lowest BCUT2D eigenvalue weighted by Crippen LogP contribution is -2.18. The third-order valence-corrected chi connectivity index (χ3v) is 5.68. The van der Waals surface area contributed by atoms with Crippen molar-refractivity contribution in [3.8, 4) is 5.75 Å². The van der Waals surface area contributed by atoms with Gasteiger partial charge in [-0.3, -0.25) is 10.00 Å². The molecule has 2 aromatic heterocycles. The second-order valence-electron chi connectivity index (χ2n) is 8.05. The second kappa shape index (κ2) is 7.39. The zero-order valence-corrected chi connectivity index (χ0v) is 16.9. The van der Waals surface area contributed by atoms with Crippen LogP contribution in [0.4, 0.5) is 0 Å². The minimum absolute atomic E-state index is 0.429. The van der Waals surface area contributed by atoms with Crippen LogP contribution in [0.5, 0.6) is 5.75 Å². The Labute approximate surface area is 161 Å². The molecule has 0 unspecified atom stereocenters. The summed E-state index contributed by atoms with van der Waals surface area (Å²) in [5.74, 6) is 0.911. The number of rotatable bonds is 6. The fraction of sp³-hybridized carbons (Fsp3) is 0.500. The van der Waals surface area contributed by atoms with Gasteiger partial charge in [0.1, 0.15) is 5.75 Å². The van der Waals surface area contributed by atoms with Crippen molar-refractivity contribution in [2.75, 3.05) is 14.2 Å². The molecule has 1 aliphatic rings. The first kappa shape index (κ1) is 18.1. The van der Waals surface area contributed by atoms with Gasteiger partial charge in [0.15, 0.2) is 0 Å². The Bertz CT molecular complexity index is 937. The van der Waals surface area contributed by atoms with Crippen molar-refractivity contribution in [2.24, 2.45) is 0 Å². The van der Waals surface area contributed by atoms with E-state index in [2.05, 4.69) is 58.9 Å². The van der Waals surface area contributed by atoms with Crippen LogP contribution in [-0.4, -0.2) is 33.8 Å². The summed E-state index contributed by atoms with van der Waals surface area (Å²) in [6.07, 6.45) is 7.17. The molecule has 0 spiro atoms. The monoisotopic (exact) mass is 366 g/mol. The molecule has 5 heteroatoms. The van der Waals surface area contributed by atoms with E-state index in [9.17, 15) is 0 Å². The minimum Gasteiger partial charge on any atom is -0.497 e. The summed E-state index contributed by atoms with van der Waals surface area (Å²) in [6.45, 7) is 6.23. The number of H-pyrrole nitrogens is 1. The Morgan fingerprint density at radius 3 is 2.81 bits per heavy atom. The fourth-order valence-corrected chi connectivity index (χ4v) is 4.27. The number of fused-ring (bicyclic) bond motifs is 2. The van der Waals surface area contributed by atoms with Crippen molar-refractivity contribution in [1.29, 1.82) is 0 Å². The normalized spacial score (nSPS) is 14.3. The van der Waals surface area contributed by atoms with E-state index in [0.29, 0.717) is 6.04 Å². The molecule has 1 aromatic carbocycles. The first-order valence-corrected chi connectivity index (χ1v) is 9.97. The highest BCUT2D eigenvalue weighted by Crippen LogP contribution is 2.30. The van der Waals surface area contributed by atoms with Crippen molar-refractivity contribution in [3.05, 3.63) is 46.9 Å². The van der Waals surface area contributed by atoms with Crippen molar-refractivity contribution in [3.63, 3.8) is 0 Å². The van der Waals surface area contributed by atoms with Gasteiger partial charge in [0.05, 0.1) is 12.8 Å². The molecule has 0 radical (unpaired) electrons. The molecule has 4 rings (SSSR count). The summed E-state index contributed by atoms with van der Waals surface area (Å²) in [5, 5.41) is 9.15. The largest absolute Gasteiger partial charge is 0.497 e. The lowest BCUT2D eigenvalue weighted by Gasteiger charge is -2.17. The highest BCUT2D eigenvalue weighted by atomic mass is 16.5. The third kappa shape index (κ3) is 3.48. The number of aryl methyl sites for hydroxylation is 1. The van der Waals surface area contributed by atoms with Gasteiger partial charge in [0.25, 0.3) is 0 Å². The van der Waals surface area contributed by atoms with Crippen LogP contribution in [0.2, 0.25) is 0 Å². The minimum atomic E-state index is 0.429. The number of benzene rings is 1. The Balaban J connectivity index is 1.59. The molecule has 0 aliphatic heterocycles. The lowest BCUT2D eigenvalue weighted by atomic mass is 9.96. The summed E-state index contributed by atoms with van der Waals surface area (Å²) in [4.78, 5) is 2.37. The number of hydrogen-bond donors (Lipinski definition) is 1. The number of aromatic amines is 1. The van der Waals surface area contributed by atoms with Gasteiger partial charge in [-0.05, 0) is 75.9 Å². The molecule has 3 aromatic rings. The van der Waals surface area contributed by atoms with Crippen molar-refractivity contribution in [1.82, 2.24) is 19.7 Å². The van der Waals surface area contributed by atoms with Gasteiger partial charge in [0.2, 0.25) is 0 Å². The van der Waals surface area contributed by atoms with E-state index in [1.807, 2.05) is 6.07 Å². The van der Waals surface area contributed by atoms with E-state index in [1.165, 1.54) is 52.7 Å². The fourth-order valence-electron chi connectivity index (χ4n) is 4.27. The number of aromatic nitrogens is 3. The topological polar surface area (TPSA) is 46.1 Å². The van der Waals surface area contributed by atoms with Gasteiger partial charge in [-0.1, -0.05) is 0 Å². The average Bonchev–Trinajstić information content (AvgIpc) is 3.23. The Morgan fingerprint density at radius 1 is 1.22 bits per heavy atom. The number of hydrogen-bond acceptors (Lipinski definition) is 3. The maximum atomic E-state index is 5.46. The van der Waals surface area contributed by atoms with Crippen LogP contribution in [0.3, 0.4) is 0 Å². The maximum Gasteiger partial charge on any atom is 0.119 e. The molecule has 1 N–H and O–H groups in total. The molecule has 0 saturated heterocycles. The van der Waals surface area contributed by atoms with Gasteiger partial charge >= 0.3 is 0 Å². The van der Waals surface area contributed by atoms with Crippen LogP contribution in [0.1, 0.15) is 55.2 Å². The van der Waals surface area contributed by atoms with Gasteiger partial charge in [-0.15, -0.1) is 0 Å². The summed E-state index contributed by atoms with van der Waals surface area (Å²) >= 11 is 0. The van der Waals surface area contributed by atoms with Crippen LogP contribution < -0.4 is 4.74 Å². The van der Waals surface area contributed by atoms with Crippen LogP contribution in [0, 0.1) is 0 Å². The van der Waals surface area contributed by atoms with Crippen LogP contribution in [-0.2, 0) is 25.9 Å². The van der Waals surface area contributed by atoms with Crippen LogP contribution in [0.25, 0.3) is 10.9 Å². The number of methoxy groups -OCH3 is 1. The molecule has 1 aliphatic carbocycles. The highest BCUT2D eigenvalue weighted by molar-refractivity contribution is 5.85. The van der Waals surface area contributed by atoms with E-state index in [0.717, 1.165) is 25.3 Å². The SMILES string of the molecule is COc1ccc2c(c1)c(CN(C)Cc1n[nH]c3c1CCCC3)cn2C(C)C. The summed E-state index contributed by atoms with van der Waals surface area (Å²) < 4.78 is 7.82. The summed E-state index contributed by atoms with van der Waals surface area (Å²) in [6, 6.07) is 6.80. The zero-order chi connectivity index (χ0) is 19.0. The van der Waals surface area contributed by atoms with E-state index in [4.69, 9.17) is 4.74 Å². The van der Waals surface area contributed by atoms with Crippen molar-refractivity contribution >= 4 is 10.9 Å². The third-order valence-electron chi connectivity index (χ3n) is 5.68. The number of nitrogens with zero attached hydrogens (tertiary/aromatic N) is 3. The lowest BCUT2D eigenvalue weighted by molar-refractivity contribution is 0.314. The molecule has 2 heterocycles. The summed E-state index contributed by atoms with van der Waals surface area (Å²) in [7, 11) is 3.91. The van der Waals surface area contributed by atoms with E-state index in [-0.39, 0.29) is 0 Å². The van der Waals surface area contributed by atoms with Crippen molar-refractivity contribution < 1.29 is 4.74 Å². The quantitative estimate of drug-likeness (QED) is 0.700. The predicted octanol–water partition coefficient (Wildman–Crippen LogP) is 4.46. The van der Waals surface area contributed by atoms with E-state index < -0.39 is 0 Å². The number of nitrogens with one attached hydrogen (secondary N) is 1. The van der Waals surface area contributed by atoms with Gasteiger partial charge in [-0.2, -0.15) is 5.10 Å². The molecule has 0 atom stereocenters. The molecular formula is C22H30N4O. The second-order valence-corrected chi connectivity index (χ2v) is 8.05. The first-order valence-electron chi connectivity index (χ1n) is 9.97. The number of ether oxygens (including phenoxy) is 1. The van der Waals surface area contributed by atoms with E-state index >= 15 is 0 Å². The maximum absolute atomic E-state index is 5.46. The van der Waals surface area contributed by atoms with Gasteiger partial charge in [-0.25, -0.2) is 0 Å². The standard InChI is InChI=1S/C22H30N4O/c1-15(2)26-13-16(19-11-17(27-4)9-10-22(19)26)12-25(3)14-21-18-7-5-6-8-20(18)23-24-21/h9-11,13,15H,5-8,12,14H2,1-4H3,(H,23,24). The van der Waals surface area contributed by atoms with E-state index in [1.54, 1.807) is 7.11 Å². The molecule has 5 nitrogen and oxygen atoms in total. The highest BCUT2D eigenvalue weighted by Gasteiger charge is 2.19. The Morgan fingerprint density at radius 2 is 2.04 bits per heavy atom. The molecule has 0 fully saturated rings. The Hall–Kier alpha value is -2.27. The van der Waals surface area contributed by atoms with Crippen LogP contribution in [0.15, 0.2) is 24.4 Å². The first-order chi connectivity index (χ1) is 13.1. The Kier molecular flexibility index (Phi) is 4.96. The molecule has 27 heavy (non-hydrogen) atoms. The molecule has 0 saturated carbocycles. The zero-order valence-electron chi connectivity index (χ0n) is 16.9. The summed E-state index contributed by atoms with van der Waals surface area (Å²) in [5.41, 5.74) is 6.64. The van der Waals surface area contributed by atoms with Crippen molar-refractivity contribution in [2.45, 2.75) is 58.7 Å².